The number of benzene rings is 1. The van der Waals surface area contributed by atoms with E-state index in [1.807, 2.05) is 6.07 Å². The fourth-order valence-electron chi connectivity index (χ4n) is 3.32. The normalized spacial score (nSPS) is 16.4. The number of anilines is 1. The molecule has 1 unspecified atom stereocenters. The summed E-state index contributed by atoms with van der Waals surface area (Å²) in [4.78, 5) is 14.5. The largest absolute Gasteiger partial charge is 0.396 e. The van der Waals surface area contributed by atoms with Crippen LogP contribution >= 0.6 is 0 Å². The number of nitrogens with one attached hydrogen (secondary N) is 1. The first-order valence-electron chi connectivity index (χ1n) is 8.33. The number of aryl methyl sites for hydroxylation is 2. The lowest BCUT2D eigenvalue weighted by Crippen LogP contribution is -2.36. The molecule has 0 bridgehead atoms. The first-order chi connectivity index (χ1) is 11.7. The van der Waals surface area contributed by atoms with Gasteiger partial charge in [0.05, 0.1) is 6.54 Å². The van der Waals surface area contributed by atoms with E-state index >= 15 is 0 Å². The van der Waals surface area contributed by atoms with Gasteiger partial charge in [-0.1, -0.05) is 29.4 Å². The molecule has 1 heterocycles. The van der Waals surface area contributed by atoms with Gasteiger partial charge in [-0.25, -0.2) is 0 Å². The molecule has 2 aromatic rings. The van der Waals surface area contributed by atoms with Crippen molar-refractivity contribution in [2.24, 2.45) is 0 Å². The Kier molecular flexibility index (Phi) is 5.27. The van der Waals surface area contributed by atoms with E-state index in [1.54, 1.807) is 13.0 Å². The van der Waals surface area contributed by atoms with Gasteiger partial charge in [-0.15, -0.1) is 0 Å². The topological polar surface area (TPSA) is 78.6 Å². The third-order valence-electron chi connectivity index (χ3n) is 4.39. The van der Waals surface area contributed by atoms with E-state index < -0.39 is 0 Å². The van der Waals surface area contributed by atoms with Crippen LogP contribution in [0.4, 0.5) is 5.82 Å². The van der Waals surface area contributed by atoms with E-state index in [9.17, 15) is 9.90 Å². The molecule has 1 aromatic carbocycles. The lowest BCUT2D eigenvalue weighted by atomic mass is 10.1. The van der Waals surface area contributed by atoms with Crippen LogP contribution in [0.3, 0.4) is 0 Å². The molecule has 3 rings (SSSR count). The van der Waals surface area contributed by atoms with Crippen molar-refractivity contribution in [2.45, 2.75) is 32.2 Å². The average molecular weight is 329 g/mol. The highest BCUT2D eigenvalue weighted by Crippen LogP contribution is 2.35. The minimum atomic E-state index is -0.120. The summed E-state index contributed by atoms with van der Waals surface area (Å²) in [6.45, 7) is 2.85. The second kappa shape index (κ2) is 7.59. The van der Waals surface area contributed by atoms with Crippen molar-refractivity contribution in [3.63, 3.8) is 0 Å². The Bertz CT molecular complexity index is 698. The number of rotatable bonds is 7. The summed E-state index contributed by atoms with van der Waals surface area (Å²) < 4.78 is 4.97. The van der Waals surface area contributed by atoms with Gasteiger partial charge in [0.2, 0.25) is 5.91 Å². The molecule has 128 valence electrons. The van der Waals surface area contributed by atoms with Crippen molar-refractivity contribution in [3.8, 4) is 0 Å². The Morgan fingerprint density at radius 1 is 1.46 bits per heavy atom. The summed E-state index contributed by atoms with van der Waals surface area (Å²) in [5.41, 5.74) is 2.64. The van der Waals surface area contributed by atoms with Crippen molar-refractivity contribution in [3.05, 3.63) is 47.2 Å². The summed E-state index contributed by atoms with van der Waals surface area (Å²) >= 11 is 0. The minimum absolute atomic E-state index is 0.120. The standard InChI is InChI=1S/C18H23N3O3/c1-13-11-17(20-24-13)19-18(23)12-21(9-4-10-22)16-8-7-14-5-2-3-6-15(14)16/h2-3,5-6,11,16,22H,4,7-10,12H2,1H3,(H,19,20,23). The Balaban J connectivity index is 1.69. The first kappa shape index (κ1) is 16.7. The quantitative estimate of drug-likeness (QED) is 0.815. The maximum absolute atomic E-state index is 12.4. The molecule has 1 aliphatic rings. The molecular weight excluding hydrogens is 306 g/mol. The highest BCUT2D eigenvalue weighted by Gasteiger charge is 2.28. The molecule has 6 nitrogen and oxygen atoms in total. The van der Waals surface area contributed by atoms with Gasteiger partial charge in [0.25, 0.3) is 0 Å². The van der Waals surface area contributed by atoms with Crippen molar-refractivity contribution in [1.82, 2.24) is 10.1 Å². The fourth-order valence-corrected chi connectivity index (χ4v) is 3.32. The second-order valence-corrected chi connectivity index (χ2v) is 6.17. The van der Waals surface area contributed by atoms with Crippen molar-refractivity contribution >= 4 is 11.7 Å². The molecule has 1 aromatic heterocycles. The Morgan fingerprint density at radius 3 is 3.04 bits per heavy atom. The van der Waals surface area contributed by atoms with Gasteiger partial charge in [-0.05, 0) is 37.3 Å². The van der Waals surface area contributed by atoms with Crippen LogP contribution in [0, 0.1) is 6.92 Å². The maximum Gasteiger partial charge on any atom is 0.239 e. The second-order valence-electron chi connectivity index (χ2n) is 6.17. The predicted octanol–water partition coefficient (Wildman–Crippen LogP) is 2.29. The monoisotopic (exact) mass is 329 g/mol. The van der Waals surface area contributed by atoms with Crippen LogP contribution in [-0.2, 0) is 11.2 Å². The Hall–Kier alpha value is -2.18. The van der Waals surface area contributed by atoms with Crippen LogP contribution in [-0.4, -0.2) is 40.8 Å². The molecule has 0 radical (unpaired) electrons. The van der Waals surface area contributed by atoms with Crippen LogP contribution in [0.5, 0.6) is 0 Å². The number of aliphatic hydroxyl groups excluding tert-OH is 1. The zero-order valence-corrected chi connectivity index (χ0v) is 13.9. The average Bonchev–Trinajstić information content (AvgIpc) is 3.17. The van der Waals surface area contributed by atoms with Gasteiger partial charge in [0, 0.05) is 25.3 Å². The Morgan fingerprint density at radius 2 is 2.29 bits per heavy atom. The van der Waals surface area contributed by atoms with E-state index in [1.165, 1.54) is 11.1 Å². The van der Waals surface area contributed by atoms with E-state index in [4.69, 9.17) is 4.52 Å². The van der Waals surface area contributed by atoms with E-state index in [0.29, 0.717) is 24.5 Å². The number of hydrogen-bond acceptors (Lipinski definition) is 5. The highest BCUT2D eigenvalue weighted by atomic mass is 16.5. The van der Waals surface area contributed by atoms with Crippen molar-refractivity contribution in [2.75, 3.05) is 25.0 Å². The van der Waals surface area contributed by atoms with Gasteiger partial charge < -0.3 is 14.9 Å². The van der Waals surface area contributed by atoms with E-state index in [2.05, 4.69) is 33.6 Å². The molecule has 0 saturated carbocycles. The number of aliphatic hydroxyl groups is 1. The fraction of sp³-hybridized carbons (Fsp3) is 0.444. The number of carbonyl (C=O) groups is 1. The molecule has 0 spiro atoms. The van der Waals surface area contributed by atoms with Crippen LogP contribution in [0.25, 0.3) is 0 Å². The highest BCUT2D eigenvalue weighted by molar-refractivity contribution is 5.91. The Labute approximate surface area is 141 Å². The summed E-state index contributed by atoms with van der Waals surface area (Å²) in [7, 11) is 0. The molecule has 1 amide bonds. The van der Waals surface area contributed by atoms with Crippen LogP contribution in [0.2, 0.25) is 0 Å². The van der Waals surface area contributed by atoms with Gasteiger partial charge >= 0.3 is 0 Å². The molecule has 6 heteroatoms. The van der Waals surface area contributed by atoms with E-state index in [-0.39, 0.29) is 25.1 Å². The number of aromatic nitrogens is 1. The molecule has 1 atom stereocenters. The molecule has 1 aliphatic carbocycles. The van der Waals surface area contributed by atoms with Crippen molar-refractivity contribution < 1.29 is 14.4 Å². The lowest BCUT2D eigenvalue weighted by molar-refractivity contribution is -0.118. The minimum Gasteiger partial charge on any atom is -0.396 e. The van der Waals surface area contributed by atoms with E-state index in [0.717, 1.165) is 12.8 Å². The first-order valence-corrected chi connectivity index (χ1v) is 8.33. The molecule has 0 aliphatic heterocycles. The number of carbonyl (C=O) groups excluding carboxylic acids is 1. The molecule has 2 N–H and O–H groups in total. The number of hydrogen-bond donors (Lipinski definition) is 2. The van der Waals surface area contributed by atoms with Crippen LogP contribution in [0.1, 0.15) is 35.8 Å². The summed E-state index contributed by atoms with van der Waals surface area (Å²) in [5, 5.41) is 15.7. The lowest BCUT2D eigenvalue weighted by Gasteiger charge is -2.28. The summed E-state index contributed by atoms with van der Waals surface area (Å²) in [6, 6.07) is 10.3. The van der Waals surface area contributed by atoms with Gasteiger partial charge in [0.15, 0.2) is 5.82 Å². The van der Waals surface area contributed by atoms with Crippen LogP contribution in [0.15, 0.2) is 34.9 Å². The van der Waals surface area contributed by atoms with Gasteiger partial charge in [0.1, 0.15) is 5.76 Å². The SMILES string of the molecule is Cc1cc(NC(=O)CN(CCCO)C2CCc3ccccc32)no1. The number of fused-ring (bicyclic) bond motifs is 1. The zero-order valence-electron chi connectivity index (χ0n) is 13.9. The molecular formula is C18H23N3O3. The zero-order chi connectivity index (χ0) is 16.9. The molecule has 0 fully saturated rings. The third kappa shape index (κ3) is 3.83. The summed E-state index contributed by atoms with van der Waals surface area (Å²) in [5.74, 6) is 0.976. The molecule has 0 saturated heterocycles. The van der Waals surface area contributed by atoms with Gasteiger partial charge in [-0.3, -0.25) is 9.69 Å². The third-order valence-corrected chi connectivity index (χ3v) is 4.39. The van der Waals surface area contributed by atoms with Crippen LogP contribution < -0.4 is 5.32 Å². The molecule has 24 heavy (non-hydrogen) atoms. The summed E-state index contributed by atoms with van der Waals surface area (Å²) in [6.07, 6.45) is 2.68. The predicted molar refractivity (Wildman–Crippen MR) is 90.6 cm³/mol. The van der Waals surface area contributed by atoms with Crippen molar-refractivity contribution in [1.29, 1.82) is 0 Å². The number of amides is 1. The smallest absolute Gasteiger partial charge is 0.239 e. The maximum atomic E-state index is 12.4. The number of nitrogens with zero attached hydrogens (tertiary/aromatic N) is 2. The van der Waals surface area contributed by atoms with Gasteiger partial charge in [-0.2, -0.15) is 0 Å².